The number of carbonyl (C=O) groups excluding carboxylic acids is 1. The van der Waals surface area contributed by atoms with Gasteiger partial charge in [0.25, 0.3) is 0 Å². The molecule has 4 rings (SSSR count). The van der Waals surface area contributed by atoms with E-state index in [1.165, 1.54) is 28.6 Å². The van der Waals surface area contributed by atoms with Gasteiger partial charge < -0.3 is 10.6 Å². The van der Waals surface area contributed by atoms with Crippen LogP contribution in [-0.2, 0) is 10.0 Å². The zero-order valence-electron chi connectivity index (χ0n) is 19.7. The number of anilines is 1. The number of fused-ring (bicyclic) bond motifs is 1. The fourth-order valence-electron chi connectivity index (χ4n) is 4.28. The Morgan fingerprint density at radius 3 is 2.71 bits per heavy atom. The van der Waals surface area contributed by atoms with Gasteiger partial charge in [-0.3, -0.25) is 9.88 Å². The van der Waals surface area contributed by atoms with E-state index in [1.807, 2.05) is 43.3 Å². The average Bonchev–Trinajstić information content (AvgIpc) is 3.32. The molecule has 1 atom stereocenters. The third-order valence-corrected chi connectivity index (χ3v) is 8.15. The minimum atomic E-state index is -3.65. The van der Waals surface area contributed by atoms with Crippen molar-refractivity contribution >= 4 is 32.6 Å². The van der Waals surface area contributed by atoms with Crippen molar-refractivity contribution in [2.75, 3.05) is 38.5 Å². The predicted octanol–water partition coefficient (Wildman–Crippen LogP) is 2.93. The number of urea groups is 1. The van der Waals surface area contributed by atoms with Gasteiger partial charge in [0.2, 0.25) is 10.0 Å². The molecule has 0 spiro atoms. The van der Waals surface area contributed by atoms with Crippen LogP contribution >= 0.6 is 0 Å². The van der Waals surface area contributed by atoms with Crippen molar-refractivity contribution in [1.29, 1.82) is 5.26 Å². The SMILES string of the molecule is Cc1cc(NC(=O)NCCN2CCC(N(C)S(=O)(=O)c3ccc(C#N)cc3)C2)c2ccccc2n1. The first kappa shape index (κ1) is 24.6. The molecule has 0 bridgehead atoms. The second-order valence-corrected chi connectivity index (χ2v) is 10.6. The lowest BCUT2D eigenvalue weighted by atomic mass is 10.1. The lowest BCUT2D eigenvalue weighted by molar-refractivity contribution is 0.248. The predicted molar refractivity (Wildman–Crippen MR) is 134 cm³/mol. The molecule has 1 aliphatic rings. The van der Waals surface area contributed by atoms with Crippen LogP contribution in [0.5, 0.6) is 0 Å². The first-order valence-electron chi connectivity index (χ1n) is 11.4. The number of benzene rings is 2. The molecule has 3 aromatic rings. The number of likely N-dealkylation sites (N-methyl/N-ethyl adjacent to an activating group) is 1. The number of amides is 2. The summed E-state index contributed by atoms with van der Waals surface area (Å²) in [5.41, 5.74) is 2.78. The van der Waals surface area contributed by atoms with Crippen LogP contribution in [0, 0.1) is 18.3 Å². The Bertz CT molecular complexity index is 1370. The molecule has 2 N–H and O–H groups in total. The number of hydrogen-bond acceptors (Lipinski definition) is 6. The molecule has 10 heteroatoms. The smallest absolute Gasteiger partial charge is 0.319 e. The number of nitriles is 1. The van der Waals surface area contributed by atoms with Gasteiger partial charge in [0.05, 0.1) is 27.7 Å². The molecule has 9 nitrogen and oxygen atoms in total. The number of nitrogens with zero attached hydrogens (tertiary/aromatic N) is 4. The molecular weight excluding hydrogens is 464 g/mol. The van der Waals surface area contributed by atoms with Crippen molar-refractivity contribution in [2.24, 2.45) is 0 Å². The van der Waals surface area contributed by atoms with Crippen LogP contribution in [0.1, 0.15) is 17.7 Å². The number of likely N-dealkylation sites (tertiary alicyclic amines) is 1. The number of para-hydroxylation sites is 1. The summed E-state index contributed by atoms with van der Waals surface area (Å²) in [6, 6.07) is 17.0. The van der Waals surface area contributed by atoms with Gasteiger partial charge >= 0.3 is 6.03 Å². The Morgan fingerprint density at radius 2 is 1.97 bits per heavy atom. The van der Waals surface area contributed by atoms with Crippen LogP contribution in [-0.4, -0.2) is 67.9 Å². The van der Waals surface area contributed by atoms with E-state index in [-0.39, 0.29) is 17.0 Å². The van der Waals surface area contributed by atoms with Crippen molar-refractivity contribution < 1.29 is 13.2 Å². The van der Waals surface area contributed by atoms with E-state index in [1.54, 1.807) is 7.05 Å². The van der Waals surface area contributed by atoms with Crippen LogP contribution < -0.4 is 10.6 Å². The molecule has 2 heterocycles. The van der Waals surface area contributed by atoms with Gasteiger partial charge in [0, 0.05) is 43.8 Å². The van der Waals surface area contributed by atoms with Gasteiger partial charge in [-0.1, -0.05) is 18.2 Å². The highest BCUT2D eigenvalue weighted by Gasteiger charge is 2.33. The summed E-state index contributed by atoms with van der Waals surface area (Å²) >= 11 is 0. The van der Waals surface area contributed by atoms with Crippen LogP contribution in [0.15, 0.2) is 59.5 Å². The van der Waals surface area contributed by atoms with E-state index in [0.717, 1.165) is 23.1 Å². The number of pyridine rings is 1. The first-order chi connectivity index (χ1) is 16.8. The molecule has 2 aromatic carbocycles. The highest BCUT2D eigenvalue weighted by atomic mass is 32.2. The summed E-state index contributed by atoms with van der Waals surface area (Å²) in [7, 11) is -2.06. The molecule has 2 amide bonds. The third-order valence-electron chi connectivity index (χ3n) is 6.23. The van der Waals surface area contributed by atoms with Gasteiger partial charge in [0.1, 0.15) is 0 Å². The fraction of sp³-hybridized carbons (Fsp3) is 0.320. The summed E-state index contributed by atoms with van der Waals surface area (Å²) in [6.45, 7) is 4.27. The lowest BCUT2D eigenvalue weighted by Crippen LogP contribution is -2.40. The second-order valence-electron chi connectivity index (χ2n) is 8.61. The van der Waals surface area contributed by atoms with E-state index in [0.29, 0.717) is 37.3 Å². The molecular formula is C25H28N6O3S. The highest BCUT2D eigenvalue weighted by Crippen LogP contribution is 2.24. The zero-order valence-corrected chi connectivity index (χ0v) is 20.5. The molecule has 1 fully saturated rings. The van der Waals surface area contributed by atoms with Gasteiger partial charge in [-0.25, -0.2) is 13.2 Å². The number of hydrogen-bond donors (Lipinski definition) is 2. The summed E-state index contributed by atoms with van der Waals surface area (Å²) in [5.74, 6) is 0. The van der Waals surface area contributed by atoms with E-state index in [2.05, 4.69) is 20.5 Å². The maximum Gasteiger partial charge on any atom is 0.319 e. The average molecular weight is 493 g/mol. The van der Waals surface area contributed by atoms with E-state index < -0.39 is 10.0 Å². The quantitative estimate of drug-likeness (QED) is 0.524. The van der Waals surface area contributed by atoms with Crippen LogP contribution in [0.4, 0.5) is 10.5 Å². The maximum atomic E-state index is 13.0. The van der Waals surface area contributed by atoms with Crippen LogP contribution in [0.2, 0.25) is 0 Å². The zero-order chi connectivity index (χ0) is 25.0. The molecule has 35 heavy (non-hydrogen) atoms. The number of rotatable bonds is 7. The summed E-state index contributed by atoms with van der Waals surface area (Å²) in [4.78, 5) is 19.3. The molecule has 1 saturated heterocycles. The van der Waals surface area contributed by atoms with Crippen molar-refractivity contribution in [1.82, 2.24) is 19.5 Å². The van der Waals surface area contributed by atoms with Gasteiger partial charge in [0.15, 0.2) is 0 Å². The topological polar surface area (TPSA) is 118 Å². The highest BCUT2D eigenvalue weighted by molar-refractivity contribution is 7.89. The van der Waals surface area contributed by atoms with E-state index in [9.17, 15) is 13.2 Å². The Kier molecular flexibility index (Phi) is 7.31. The first-order valence-corrected chi connectivity index (χ1v) is 12.8. The third kappa shape index (κ3) is 5.59. The van der Waals surface area contributed by atoms with Gasteiger partial charge in [-0.15, -0.1) is 0 Å². The Labute approximate surface area is 205 Å². The molecule has 0 aliphatic carbocycles. The van der Waals surface area contributed by atoms with Gasteiger partial charge in [-0.2, -0.15) is 9.57 Å². The van der Waals surface area contributed by atoms with Crippen molar-refractivity contribution in [3.8, 4) is 6.07 Å². The minimum Gasteiger partial charge on any atom is -0.337 e. The Hall–Kier alpha value is -3.52. The molecule has 1 aromatic heterocycles. The molecule has 182 valence electrons. The Balaban J connectivity index is 1.28. The van der Waals surface area contributed by atoms with Crippen LogP contribution in [0.3, 0.4) is 0 Å². The largest absolute Gasteiger partial charge is 0.337 e. The normalized spacial score (nSPS) is 16.3. The second kappa shape index (κ2) is 10.4. The lowest BCUT2D eigenvalue weighted by Gasteiger charge is -2.24. The summed E-state index contributed by atoms with van der Waals surface area (Å²) in [5, 5.41) is 15.6. The van der Waals surface area contributed by atoms with E-state index >= 15 is 0 Å². The molecule has 0 radical (unpaired) electrons. The molecule has 1 aliphatic heterocycles. The minimum absolute atomic E-state index is 0.157. The monoisotopic (exact) mass is 492 g/mol. The van der Waals surface area contributed by atoms with Crippen molar-refractivity contribution in [3.05, 3.63) is 65.9 Å². The number of aromatic nitrogens is 1. The maximum absolute atomic E-state index is 13.0. The Morgan fingerprint density at radius 1 is 1.23 bits per heavy atom. The number of carbonyl (C=O) groups is 1. The van der Waals surface area contributed by atoms with Crippen LogP contribution in [0.25, 0.3) is 10.9 Å². The van der Waals surface area contributed by atoms with Gasteiger partial charge in [-0.05, 0) is 56.3 Å². The fourth-order valence-corrected chi connectivity index (χ4v) is 5.66. The summed E-state index contributed by atoms with van der Waals surface area (Å²) in [6.07, 6.45) is 0.709. The summed E-state index contributed by atoms with van der Waals surface area (Å²) < 4.78 is 27.4. The standard InChI is InChI=1S/C25H28N6O3S/c1-18-15-24(22-5-3-4-6-23(22)28-18)29-25(32)27-12-14-31-13-11-20(17-31)30(2)35(33,34)21-9-7-19(16-26)8-10-21/h3-10,15,20H,11-14,17H2,1-2H3,(H2,27,28,29,32). The molecule has 0 saturated carbocycles. The number of nitrogens with one attached hydrogen (secondary N) is 2. The van der Waals surface area contributed by atoms with Crippen molar-refractivity contribution in [3.63, 3.8) is 0 Å². The van der Waals surface area contributed by atoms with Crippen molar-refractivity contribution in [2.45, 2.75) is 24.3 Å². The molecule has 1 unspecified atom stereocenters. The number of sulfonamides is 1. The van der Waals surface area contributed by atoms with E-state index in [4.69, 9.17) is 5.26 Å². The number of aryl methyl sites for hydroxylation is 1.